The monoisotopic (exact) mass is 361 g/mol. The number of aryl methyl sites for hydroxylation is 3. The van der Waals surface area contributed by atoms with Gasteiger partial charge >= 0.3 is 0 Å². The van der Waals surface area contributed by atoms with E-state index >= 15 is 0 Å². The van der Waals surface area contributed by atoms with Gasteiger partial charge in [0.05, 0.1) is 0 Å². The summed E-state index contributed by atoms with van der Waals surface area (Å²) in [5.74, 6) is 1.24. The van der Waals surface area contributed by atoms with Crippen molar-refractivity contribution < 1.29 is 9.32 Å². The van der Waals surface area contributed by atoms with E-state index in [1.165, 1.54) is 5.56 Å². The maximum Gasteiger partial charge on any atom is 0.249 e. The summed E-state index contributed by atoms with van der Waals surface area (Å²) in [6, 6.07) is 14.2. The molecule has 4 rings (SSSR count). The standard InChI is InChI=1S/C22H23N3O2/c1-14-8-9-16(3)18(12-14)21-23-22(27-24-21)19-10-11-20(26)25(19)13-17-7-5-4-6-15(17)2/h4-9,12,19H,10-11,13H2,1-3H3. The van der Waals surface area contributed by atoms with Gasteiger partial charge in [-0.2, -0.15) is 4.98 Å². The molecule has 0 aliphatic carbocycles. The molecule has 1 unspecified atom stereocenters. The van der Waals surface area contributed by atoms with E-state index in [-0.39, 0.29) is 11.9 Å². The topological polar surface area (TPSA) is 59.2 Å². The van der Waals surface area contributed by atoms with Crippen LogP contribution in [0.25, 0.3) is 11.4 Å². The van der Waals surface area contributed by atoms with Gasteiger partial charge in [-0.1, -0.05) is 47.1 Å². The molecule has 138 valence electrons. The first-order valence-electron chi connectivity index (χ1n) is 9.28. The van der Waals surface area contributed by atoms with Gasteiger partial charge in [-0.3, -0.25) is 4.79 Å². The molecule has 0 radical (unpaired) electrons. The normalized spacial score (nSPS) is 16.9. The van der Waals surface area contributed by atoms with Gasteiger partial charge < -0.3 is 9.42 Å². The van der Waals surface area contributed by atoms with Crippen molar-refractivity contribution in [3.8, 4) is 11.4 Å². The molecule has 27 heavy (non-hydrogen) atoms. The van der Waals surface area contributed by atoms with Crippen molar-refractivity contribution >= 4 is 5.91 Å². The van der Waals surface area contributed by atoms with Gasteiger partial charge in [-0.25, -0.2) is 0 Å². The Bertz CT molecular complexity index is 993. The molecule has 1 atom stereocenters. The zero-order valence-electron chi connectivity index (χ0n) is 15.9. The van der Waals surface area contributed by atoms with Crippen LogP contribution in [0.4, 0.5) is 0 Å². The average molecular weight is 361 g/mol. The van der Waals surface area contributed by atoms with Crippen LogP contribution < -0.4 is 0 Å². The Kier molecular flexibility index (Phi) is 4.52. The third kappa shape index (κ3) is 3.37. The zero-order chi connectivity index (χ0) is 19.0. The number of rotatable bonds is 4. The number of benzene rings is 2. The van der Waals surface area contributed by atoms with Crippen LogP contribution in [0.5, 0.6) is 0 Å². The predicted molar refractivity (Wildman–Crippen MR) is 103 cm³/mol. The molecule has 1 aliphatic rings. The number of nitrogens with zero attached hydrogens (tertiary/aromatic N) is 3. The molecule has 0 bridgehead atoms. The van der Waals surface area contributed by atoms with Crippen LogP contribution in [0.1, 0.15) is 47.0 Å². The number of aromatic nitrogens is 2. The van der Waals surface area contributed by atoms with Crippen LogP contribution in [-0.4, -0.2) is 20.9 Å². The second kappa shape index (κ2) is 6.99. The van der Waals surface area contributed by atoms with Crippen LogP contribution in [0.2, 0.25) is 0 Å². The van der Waals surface area contributed by atoms with Gasteiger partial charge in [-0.05, 0) is 49.9 Å². The molecule has 1 fully saturated rings. The first-order chi connectivity index (χ1) is 13.0. The molecule has 1 saturated heterocycles. The third-order valence-electron chi connectivity index (χ3n) is 5.29. The predicted octanol–water partition coefficient (Wildman–Crippen LogP) is 4.53. The molecule has 1 amide bonds. The fraction of sp³-hybridized carbons (Fsp3) is 0.318. The van der Waals surface area contributed by atoms with Gasteiger partial charge in [0.25, 0.3) is 0 Å². The summed E-state index contributed by atoms with van der Waals surface area (Å²) in [4.78, 5) is 19.0. The highest BCUT2D eigenvalue weighted by molar-refractivity contribution is 5.79. The van der Waals surface area contributed by atoms with E-state index in [1.54, 1.807) is 0 Å². The highest BCUT2D eigenvalue weighted by atomic mass is 16.5. The van der Waals surface area contributed by atoms with Crippen LogP contribution in [-0.2, 0) is 11.3 Å². The second-order valence-corrected chi connectivity index (χ2v) is 7.28. The van der Waals surface area contributed by atoms with Crippen LogP contribution in [0.3, 0.4) is 0 Å². The minimum atomic E-state index is -0.163. The van der Waals surface area contributed by atoms with E-state index in [0.717, 1.165) is 22.3 Å². The Hall–Kier alpha value is -2.95. The minimum Gasteiger partial charge on any atom is -0.337 e. The molecular formula is C22H23N3O2. The van der Waals surface area contributed by atoms with E-state index in [0.29, 0.717) is 31.1 Å². The van der Waals surface area contributed by atoms with Gasteiger partial charge in [0.1, 0.15) is 6.04 Å². The summed E-state index contributed by atoms with van der Waals surface area (Å²) < 4.78 is 5.59. The maximum absolute atomic E-state index is 12.5. The largest absolute Gasteiger partial charge is 0.337 e. The number of carbonyl (C=O) groups is 1. The van der Waals surface area contributed by atoms with Crippen LogP contribution in [0.15, 0.2) is 47.0 Å². The SMILES string of the molecule is Cc1ccc(C)c(-c2noc(C3CCC(=O)N3Cc3ccccc3C)n2)c1. The average Bonchev–Trinajstić information content (AvgIpc) is 3.26. The lowest BCUT2D eigenvalue weighted by Gasteiger charge is -2.23. The lowest BCUT2D eigenvalue weighted by atomic mass is 10.1. The summed E-state index contributed by atoms with van der Waals surface area (Å²) in [6.45, 7) is 6.71. The van der Waals surface area contributed by atoms with Crippen molar-refractivity contribution in [3.63, 3.8) is 0 Å². The van der Waals surface area contributed by atoms with Crippen molar-refractivity contribution in [2.24, 2.45) is 0 Å². The molecule has 3 aromatic rings. The molecule has 1 aromatic heterocycles. The summed E-state index contributed by atoms with van der Waals surface area (Å²) >= 11 is 0. The number of amides is 1. The van der Waals surface area contributed by atoms with Gasteiger partial charge in [0.2, 0.25) is 17.6 Å². The lowest BCUT2D eigenvalue weighted by Crippen LogP contribution is -2.27. The van der Waals surface area contributed by atoms with Crippen molar-refractivity contribution in [1.82, 2.24) is 15.0 Å². The number of hydrogen-bond donors (Lipinski definition) is 0. The van der Waals surface area contributed by atoms with Gasteiger partial charge in [0.15, 0.2) is 0 Å². The van der Waals surface area contributed by atoms with Gasteiger partial charge in [-0.15, -0.1) is 0 Å². The van der Waals surface area contributed by atoms with E-state index in [4.69, 9.17) is 4.52 Å². The van der Waals surface area contributed by atoms with Crippen molar-refractivity contribution in [3.05, 3.63) is 70.6 Å². The van der Waals surface area contributed by atoms with Crippen molar-refractivity contribution in [2.45, 2.75) is 46.2 Å². The Morgan fingerprint density at radius 1 is 1.11 bits per heavy atom. The Morgan fingerprint density at radius 2 is 1.93 bits per heavy atom. The third-order valence-corrected chi connectivity index (χ3v) is 5.29. The number of carbonyl (C=O) groups excluding carboxylic acids is 1. The van der Waals surface area contributed by atoms with E-state index < -0.39 is 0 Å². The molecule has 5 heteroatoms. The van der Waals surface area contributed by atoms with Crippen LogP contribution >= 0.6 is 0 Å². The summed E-state index contributed by atoms with van der Waals surface area (Å²) in [5.41, 5.74) is 5.55. The van der Waals surface area contributed by atoms with Crippen LogP contribution in [0, 0.1) is 20.8 Å². The summed E-state index contributed by atoms with van der Waals surface area (Å²) in [6.07, 6.45) is 1.22. The second-order valence-electron chi connectivity index (χ2n) is 7.28. The molecule has 0 spiro atoms. The zero-order valence-corrected chi connectivity index (χ0v) is 15.9. The molecule has 0 saturated carbocycles. The smallest absolute Gasteiger partial charge is 0.249 e. The number of likely N-dealkylation sites (tertiary alicyclic amines) is 1. The summed E-state index contributed by atoms with van der Waals surface area (Å²) in [5, 5.41) is 4.19. The quantitative estimate of drug-likeness (QED) is 0.685. The maximum atomic E-state index is 12.5. The van der Waals surface area contributed by atoms with Gasteiger partial charge in [0, 0.05) is 18.5 Å². The molecule has 2 aromatic carbocycles. The Labute approximate surface area is 159 Å². The van der Waals surface area contributed by atoms with E-state index in [2.05, 4.69) is 47.4 Å². The number of hydrogen-bond acceptors (Lipinski definition) is 4. The van der Waals surface area contributed by atoms with Crippen molar-refractivity contribution in [2.75, 3.05) is 0 Å². The highest BCUT2D eigenvalue weighted by Gasteiger charge is 2.36. The minimum absolute atomic E-state index is 0.134. The molecule has 0 N–H and O–H groups in total. The first kappa shape index (κ1) is 17.5. The molecule has 1 aliphatic heterocycles. The fourth-order valence-corrected chi connectivity index (χ4v) is 3.62. The van der Waals surface area contributed by atoms with Crippen molar-refractivity contribution in [1.29, 1.82) is 0 Å². The summed E-state index contributed by atoms with van der Waals surface area (Å²) in [7, 11) is 0. The molecular weight excluding hydrogens is 338 g/mol. The van der Waals surface area contributed by atoms with E-state index in [9.17, 15) is 4.79 Å². The highest BCUT2D eigenvalue weighted by Crippen LogP contribution is 2.35. The fourth-order valence-electron chi connectivity index (χ4n) is 3.62. The molecule has 2 heterocycles. The Balaban J connectivity index is 1.63. The lowest BCUT2D eigenvalue weighted by molar-refractivity contribution is -0.130. The first-order valence-corrected chi connectivity index (χ1v) is 9.28. The Morgan fingerprint density at radius 3 is 2.74 bits per heavy atom. The molecule has 5 nitrogen and oxygen atoms in total. The van der Waals surface area contributed by atoms with E-state index in [1.807, 2.05) is 30.9 Å².